The Kier molecular flexibility index (Phi) is 5.27. The number of amides is 1. The molecule has 0 aromatic rings. The molecule has 2 unspecified atom stereocenters. The Morgan fingerprint density at radius 1 is 1.05 bits per heavy atom. The molecule has 0 spiro atoms. The Balaban J connectivity index is 1.99. The van der Waals surface area contributed by atoms with Crippen LogP contribution < -0.4 is 5.32 Å². The number of nitrogens with one attached hydrogen (secondary N) is 1. The maximum absolute atomic E-state index is 12.7. The van der Waals surface area contributed by atoms with Crippen molar-refractivity contribution in [3.8, 4) is 0 Å². The molecule has 1 amide bonds. The molecule has 2 aliphatic heterocycles. The monoisotopic (exact) mass is 317 g/mol. The summed E-state index contributed by atoms with van der Waals surface area (Å²) in [5.41, 5.74) is 0. The molecule has 21 heavy (non-hydrogen) atoms. The molecule has 2 saturated heterocycles. The first-order valence-corrected chi connectivity index (χ1v) is 9.21. The van der Waals surface area contributed by atoms with Crippen LogP contribution in [0, 0.1) is 17.8 Å². The second kappa shape index (κ2) is 6.62. The van der Waals surface area contributed by atoms with Crippen molar-refractivity contribution in [1.29, 1.82) is 0 Å². The minimum Gasteiger partial charge on any atom is -0.359 e. The highest BCUT2D eigenvalue weighted by atomic mass is 32.2. The van der Waals surface area contributed by atoms with Gasteiger partial charge in [0.1, 0.15) is 0 Å². The highest BCUT2D eigenvalue weighted by molar-refractivity contribution is 7.86. The minimum atomic E-state index is -3.37. The lowest BCUT2D eigenvalue weighted by atomic mass is 9.94. The van der Waals surface area contributed by atoms with Gasteiger partial charge in [0.25, 0.3) is 10.2 Å². The van der Waals surface area contributed by atoms with E-state index in [9.17, 15) is 13.2 Å². The van der Waals surface area contributed by atoms with Gasteiger partial charge in [-0.1, -0.05) is 13.8 Å². The van der Waals surface area contributed by atoms with Crippen molar-refractivity contribution < 1.29 is 13.2 Å². The summed E-state index contributed by atoms with van der Waals surface area (Å²) in [4.78, 5) is 11.6. The molecule has 0 aromatic heterocycles. The van der Waals surface area contributed by atoms with E-state index in [0.29, 0.717) is 50.9 Å². The van der Waals surface area contributed by atoms with Crippen molar-refractivity contribution >= 4 is 16.1 Å². The van der Waals surface area contributed by atoms with Crippen LogP contribution in [0.2, 0.25) is 0 Å². The van der Waals surface area contributed by atoms with E-state index in [4.69, 9.17) is 0 Å². The number of nitrogens with zero attached hydrogens (tertiary/aromatic N) is 2. The van der Waals surface area contributed by atoms with Crippen molar-refractivity contribution in [2.24, 2.45) is 17.8 Å². The zero-order valence-electron chi connectivity index (χ0n) is 13.2. The fourth-order valence-corrected chi connectivity index (χ4v) is 5.39. The van der Waals surface area contributed by atoms with Gasteiger partial charge in [0.05, 0.1) is 0 Å². The fraction of sp³-hybridized carbons (Fsp3) is 0.929. The Bertz CT molecular complexity index is 462. The van der Waals surface area contributed by atoms with Gasteiger partial charge in [-0.15, -0.1) is 0 Å². The maximum Gasteiger partial charge on any atom is 0.281 e. The molecular weight excluding hydrogens is 290 g/mol. The van der Waals surface area contributed by atoms with Crippen molar-refractivity contribution in [2.75, 3.05) is 33.2 Å². The number of carbonyl (C=O) groups is 1. The summed E-state index contributed by atoms with van der Waals surface area (Å²) in [7, 11) is -1.74. The van der Waals surface area contributed by atoms with Gasteiger partial charge < -0.3 is 5.32 Å². The molecule has 2 aliphatic rings. The van der Waals surface area contributed by atoms with Crippen LogP contribution in [0.3, 0.4) is 0 Å². The van der Waals surface area contributed by atoms with Gasteiger partial charge in [-0.05, 0) is 31.1 Å². The minimum absolute atomic E-state index is 0.0206. The van der Waals surface area contributed by atoms with E-state index in [2.05, 4.69) is 19.2 Å². The SMILES string of the molecule is CNC(=O)C1CCN(S(=O)(=O)N2CC(C)CC(C)C2)CC1. The average Bonchev–Trinajstić information content (AvgIpc) is 2.45. The number of piperidine rings is 2. The van der Waals surface area contributed by atoms with Gasteiger partial charge in [0.2, 0.25) is 5.91 Å². The number of carbonyl (C=O) groups excluding carboxylic acids is 1. The highest BCUT2D eigenvalue weighted by Gasteiger charge is 2.37. The predicted octanol–water partition coefficient (Wildman–Crippen LogP) is 0.667. The first-order valence-electron chi connectivity index (χ1n) is 7.81. The van der Waals surface area contributed by atoms with E-state index >= 15 is 0 Å². The molecule has 0 aromatic carbocycles. The fourth-order valence-electron chi connectivity index (χ4n) is 3.51. The Morgan fingerprint density at radius 2 is 1.57 bits per heavy atom. The second-order valence-electron chi connectivity index (χ2n) is 6.56. The molecule has 1 N–H and O–H groups in total. The molecule has 2 atom stereocenters. The van der Waals surface area contributed by atoms with Gasteiger partial charge in [-0.25, -0.2) is 0 Å². The third-order valence-corrected chi connectivity index (χ3v) is 6.53. The zero-order valence-corrected chi connectivity index (χ0v) is 14.0. The number of rotatable bonds is 3. The quantitative estimate of drug-likeness (QED) is 0.831. The van der Waals surface area contributed by atoms with E-state index in [-0.39, 0.29) is 11.8 Å². The summed E-state index contributed by atoms with van der Waals surface area (Å²) in [6.45, 7) is 6.33. The largest absolute Gasteiger partial charge is 0.359 e. The third kappa shape index (κ3) is 3.76. The summed E-state index contributed by atoms with van der Waals surface area (Å²) in [6.07, 6.45) is 2.31. The number of hydrogen-bond acceptors (Lipinski definition) is 3. The topological polar surface area (TPSA) is 69.7 Å². The van der Waals surface area contributed by atoms with Crippen LogP contribution in [0.1, 0.15) is 33.1 Å². The van der Waals surface area contributed by atoms with Crippen LogP contribution in [0.25, 0.3) is 0 Å². The Labute approximate surface area is 128 Å². The standard InChI is InChI=1S/C14H27N3O3S/c1-11-8-12(2)10-17(9-11)21(19,20)16-6-4-13(5-7-16)14(18)15-3/h11-13H,4-10H2,1-3H3,(H,15,18). The van der Waals surface area contributed by atoms with Crippen LogP contribution in [0.4, 0.5) is 0 Å². The molecule has 7 heteroatoms. The summed E-state index contributed by atoms with van der Waals surface area (Å²) in [5.74, 6) is 0.784. The van der Waals surface area contributed by atoms with Gasteiger partial charge in [0, 0.05) is 39.1 Å². The Hall–Kier alpha value is -0.660. The van der Waals surface area contributed by atoms with E-state index in [1.807, 2.05) is 0 Å². The molecule has 2 fully saturated rings. The first-order chi connectivity index (χ1) is 9.84. The molecular formula is C14H27N3O3S. The molecule has 122 valence electrons. The lowest BCUT2D eigenvalue weighted by Gasteiger charge is -2.39. The average molecular weight is 317 g/mol. The van der Waals surface area contributed by atoms with Crippen molar-refractivity contribution in [1.82, 2.24) is 13.9 Å². The van der Waals surface area contributed by atoms with Crippen LogP contribution >= 0.6 is 0 Å². The summed E-state index contributed by atoms with van der Waals surface area (Å²) in [5, 5.41) is 2.65. The van der Waals surface area contributed by atoms with Crippen molar-refractivity contribution in [3.05, 3.63) is 0 Å². The molecule has 0 bridgehead atoms. The smallest absolute Gasteiger partial charge is 0.281 e. The summed E-state index contributed by atoms with van der Waals surface area (Å²) < 4.78 is 28.6. The Morgan fingerprint density at radius 3 is 2.05 bits per heavy atom. The second-order valence-corrected chi connectivity index (χ2v) is 8.49. The molecule has 2 rings (SSSR count). The van der Waals surface area contributed by atoms with E-state index < -0.39 is 10.2 Å². The van der Waals surface area contributed by atoms with Crippen LogP contribution in [-0.4, -0.2) is 56.2 Å². The third-order valence-electron chi connectivity index (χ3n) is 4.56. The van der Waals surface area contributed by atoms with E-state index in [0.717, 1.165) is 6.42 Å². The highest BCUT2D eigenvalue weighted by Crippen LogP contribution is 2.27. The maximum atomic E-state index is 12.7. The van der Waals surface area contributed by atoms with Gasteiger partial charge in [-0.2, -0.15) is 17.0 Å². The van der Waals surface area contributed by atoms with Gasteiger partial charge >= 0.3 is 0 Å². The zero-order chi connectivity index (χ0) is 15.6. The molecule has 2 heterocycles. The van der Waals surface area contributed by atoms with Gasteiger partial charge in [0.15, 0.2) is 0 Å². The summed E-state index contributed by atoms with van der Waals surface area (Å²) >= 11 is 0. The van der Waals surface area contributed by atoms with Crippen molar-refractivity contribution in [3.63, 3.8) is 0 Å². The van der Waals surface area contributed by atoms with E-state index in [1.54, 1.807) is 15.7 Å². The van der Waals surface area contributed by atoms with Crippen LogP contribution in [0.5, 0.6) is 0 Å². The lowest BCUT2D eigenvalue weighted by Crippen LogP contribution is -2.52. The van der Waals surface area contributed by atoms with E-state index in [1.165, 1.54) is 0 Å². The van der Waals surface area contributed by atoms with Crippen LogP contribution in [-0.2, 0) is 15.0 Å². The normalized spacial score (nSPS) is 30.2. The van der Waals surface area contributed by atoms with Crippen molar-refractivity contribution in [2.45, 2.75) is 33.1 Å². The molecule has 0 saturated carbocycles. The van der Waals surface area contributed by atoms with Crippen LogP contribution in [0.15, 0.2) is 0 Å². The van der Waals surface area contributed by atoms with Gasteiger partial charge in [-0.3, -0.25) is 4.79 Å². The number of hydrogen-bond donors (Lipinski definition) is 1. The molecule has 6 nitrogen and oxygen atoms in total. The lowest BCUT2D eigenvalue weighted by molar-refractivity contribution is -0.125. The summed E-state index contributed by atoms with van der Waals surface area (Å²) in [6, 6.07) is 0. The molecule has 0 aliphatic carbocycles. The first kappa shape index (κ1) is 16.7. The predicted molar refractivity (Wildman–Crippen MR) is 81.8 cm³/mol. The molecule has 0 radical (unpaired) electrons.